The first kappa shape index (κ1) is 15.1. The fourth-order valence-electron chi connectivity index (χ4n) is 2.30. The molecule has 7 heteroatoms. The summed E-state index contributed by atoms with van der Waals surface area (Å²) in [7, 11) is 1.43. The Morgan fingerprint density at radius 1 is 1.38 bits per heavy atom. The molecule has 114 valence electrons. The second kappa shape index (κ2) is 6.43. The van der Waals surface area contributed by atoms with Gasteiger partial charge in [0.25, 0.3) is 5.91 Å². The van der Waals surface area contributed by atoms with Gasteiger partial charge in [0, 0.05) is 13.1 Å². The van der Waals surface area contributed by atoms with E-state index in [0.717, 1.165) is 25.9 Å². The summed E-state index contributed by atoms with van der Waals surface area (Å²) in [6, 6.07) is 4.29. The number of hydrogen-bond acceptors (Lipinski definition) is 5. The minimum Gasteiger partial charge on any atom is -0.496 e. The maximum atomic E-state index is 12.2. The molecule has 1 heterocycles. The first-order valence-corrected chi connectivity index (χ1v) is 6.81. The number of ether oxygens (including phenoxy) is 2. The SMILES string of the molecule is COc1ccc(O[C@@H](C)C(=O)N2CCCC2)c([N+](=O)[O-])c1. The van der Waals surface area contributed by atoms with Crippen molar-refractivity contribution in [3.63, 3.8) is 0 Å². The summed E-state index contributed by atoms with van der Waals surface area (Å²) < 4.78 is 10.5. The number of hydrogen-bond donors (Lipinski definition) is 0. The summed E-state index contributed by atoms with van der Waals surface area (Å²) in [4.78, 5) is 24.4. The Bertz CT molecular complexity index is 540. The molecule has 1 aromatic rings. The van der Waals surface area contributed by atoms with Crippen LogP contribution < -0.4 is 9.47 Å². The molecule has 1 fully saturated rings. The number of benzene rings is 1. The molecule has 21 heavy (non-hydrogen) atoms. The molecule has 0 radical (unpaired) electrons. The molecule has 1 aromatic carbocycles. The van der Waals surface area contributed by atoms with Gasteiger partial charge in [-0.2, -0.15) is 0 Å². The average Bonchev–Trinajstić information content (AvgIpc) is 3.00. The van der Waals surface area contributed by atoms with Crippen LogP contribution >= 0.6 is 0 Å². The molecule has 0 spiro atoms. The standard InChI is InChI=1S/C14H18N2O5/c1-10(14(17)15-7-3-4-8-15)21-13-6-5-11(20-2)9-12(13)16(18)19/h5-6,9-10H,3-4,7-8H2,1-2H3/t10-/m0/s1. The van der Waals surface area contributed by atoms with E-state index in [1.165, 1.54) is 19.2 Å². The zero-order valence-electron chi connectivity index (χ0n) is 12.1. The van der Waals surface area contributed by atoms with E-state index in [-0.39, 0.29) is 17.3 Å². The predicted molar refractivity (Wildman–Crippen MR) is 75.6 cm³/mol. The number of amides is 1. The average molecular weight is 294 g/mol. The van der Waals surface area contributed by atoms with Gasteiger partial charge in [0.05, 0.1) is 18.1 Å². The summed E-state index contributed by atoms with van der Waals surface area (Å²) in [5.74, 6) is 0.297. The first-order chi connectivity index (χ1) is 10.0. The molecule has 7 nitrogen and oxygen atoms in total. The largest absolute Gasteiger partial charge is 0.496 e. The molecule has 1 aliphatic rings. The normalized spacial score (nSPS) is 15.6. The van der Waals surface area contributed by atoms with Gasteiger partial charge >= 0.3 is 5.69 Å². The lowest BCUT2D eigenvalue weighted by atomic mass is 10.2. The van der Waals surface area contributed by atoms with Crippen molar-refractivity contribution < 1.29 is 19.2 Å². The van der Waals surface area contributed by atoms with E-state index in [2.05, 4.69) is 0 Å². The van der Waals surface area contributed by atoms with Gasteiger partial charge < -0.3 is 14.4 Å². The number of carbonyl (C=O) groups is 1. The van der Waals surface area contributed by atoms with E-state index in [0.29, 0.717) is 5.75 Å². The Hall–Kier alpha value is -2.31. The topological polar surface area (TPSA) is 81.9 Å². The second-order valence-electron chi connectivity index (χ2n) is 4.88. The van der Waals surface area contributed by atoms with E-state index in [4.69, 9.17) is 9.47 Å². The fourth-order valence-corrected chi connectivity index (χ4v) is 2.30. The number of carbonyl (C=O) groups excluding carboxylic acids is 1. The highest BCUT2D eigenvalue weighted by atomic mass is 16.6. The molecule has 1 saturated heterocycles. The van der Waals surface area contributed by atoms with Crippen molar-refractivity contribution in [2.24, 2.45) is 0 Å². The highest BCUT2D eigenvalue weighted by molar-refractivity contribution is 5.81. The molecular formula is C14H18N2O5. The summed E-state index contributed by atoms with van der Waals surface area (Å²) in [6.45, 7) is 3.04. The van der Waals surface area contributed by atoms with Crippen LogP contribution in [-0.2, 0) is 4.79 Å². The van der Waals surface area contributed by atoms with Crippen LogP contribution in [0.25, 0.3) is 0 Å². The third kappa shape index (κ3) is 3.42. The molecule has 1 aliphatic heterocycles. The van der Waals surface area contributed by atoms with E-state index < -0.39 is 11.0 Å². The van der Waals surface area contributed by atoms with Gasteiger partial charge in [0.1, 0.15) is 5.75 Å². The van der Waals surface area contributed by atoms with Gasteiger partial charge in [0.15, 0.2) is 11.9 Å². The van der Waals surface area contributed by atoms with Crippen LogP contribution in [0.15, 0.2) is 18.2 Å². The van der Waals surface area contributed by atoms with Crippen molar-refractivity contribution in [3.8, 4) is 11.5 Å². The number of nitro groups is 1. The van der Waals surface area contributed by atoms with Crippen LogP contribution in [0, 0.1) is 10.1 Å². The Kier molecular flexibility index (Phi) is 4.62. The monoisotopic (exact) mass is 294 g/mol. The third-order valence-electron chi connectivity index (χ3n) is 3.43. The molecule has 0 N–H and O–H groups in total. The fraction of sp³-hybridized carbons (Fsp3) is 0.500. The molecule has 0 unspecified atom stereocenters. The molecule has 0 aliphatic carbocycles. The number of rotatable bonds is 5. The summed E-state index contributed by atoms with van der Waals surface area (Å²) in [5, 5.41) is 11.1. The van der Waals surface area contributed by atoms with Crippen LogP contribution in [0.3, 0.4) is 0 Å². The van der Waals surface area contributed by atoms with Gasteiger partial charge in [-0.3, -0.25) is 14.9 Å². The lowest BCUT2D eigenvalue weighted by Crippen LogP contribution is -2.38. The van der Waals surface area contributed by atoms with E-state index in [1.54, 1.807) is 17.9 Å². The Balaban J connectivity index is 2.14. The first-order valence-electron chi connectivity index (χ1n) is 6.81. The van der Waals surface area contributed by atoms with Crippen LogP contribution in [0.4, 0.5) is 5.69 Å². The summed E-state index contributed by atoms with van der Waals surface area (Å²) >= 11 is 0. The number of methoxy groups -OCH3 is 1. The van der Waals surface area contributed by atoms with Gasteiger partial charge in [0.2, 0.25) is 0 Å². The Morgan fingerprint density at radius 3 is 2.62 bits per heavy atom. The highest BCUT2D eigenvalue weighted by Crippen LogP contribution is 2.32. The number of likely N-dealkylation sites (tertiary alicyclic amines) is 1. The zero-order valence-corrected chi connectivity index (χ0v) is 12.1. The molecular weight excluding hydrogens is 276 g/mol. The second-order valence-corrected chi connectivity index (χ2v) is 4.88. The van der Waals surface area contributed by atoms with Gasteiger partial charge in [-0.1, -0.05) is 0 Å². The number of nitro benzene ring substituents is 1. The lowest BCUT2D eigenvalue weighted by Gasteiger charge is -2.21. The molecule has 0 bridgehead atoms. The van der Waals surface area contributed by atoms with E-state index >= 15 is 0 Å². The molecule has 0 saturated carbocycles. The van der Waals surface area contributed by atoms with Crippen LogP contribution in [0.5, 0.6) is 11.5 Å². The van der Waals surface area contributed by atoms with Crippen molar-refractivity contribution in [3.05, 3.63) is 28.3 Å². The van der Waals surface area contributed by atoms with Crippen LogP contribution in [-0.4, -0.2) is 42.0 Å². The lowest BCUT2D eigenvalue weighted by molar-refractivity contribution is -0.386. The number of nitrogens with zero attached hydrogens (tertiary/aromatic N) is 2. The maximum absolute atomic E-state index is 12.2. The minimum absolute atomic E-state index is 0.0702. The zero-order chi connectivity index (χ0) is 15.4. The van der Waals surface area contributed by atoms with Crippen LogP contribution in [0.2, 0.25) is 0 Å². The summed E-state index contributed by atoms with van der Waals surface area (Å²) in [5.41, 5.74) is -0.213. The van der Waals surface area contributed by atoms with Crippen molar-refractivity contribution >= 4 is 11.6 Å². The predicted octanol–water partition coefficient (Wildman–Crippen LogP) is 1.99. The minimum atomic E-state index is -0.754. The van der Waals surface area contributed by atoms with Crippen molar-refractivity contribution in [1.29, 1.82) is 0 Å². The maximum Gasteiger partial charge on any atom is 0.314 e. The quantitative estimate of drug-likeness (QED) is 0.612. The van der Waals surface area contributed by atoms with Gasteiger partial charge in [-0.05, 0) is 31.9 Å². The van der Waals surface area contributed by atoms with Crippen molar-refractivity contribution in [2.75, 3.05) is 20.2 Å². The molecule has 2 rings (SSSR count). The van der Waals surface area contributed by atoms with E-state index in [9.17, 15) is 14.9 Å². The molecule has 1 atom stereocenters. The molecule has 0 aromatic heterocycles. The Morgan fingerprint density at radius 2 is 2.05 bits per heavy atom. The van der Waals surface area contributed by atoms with Crippen LogP contribution in [0.1, 0.15) is 19.8 Å². The van der Waals surface area contributed by atoms with Gasteiger partial charge in [-0.25, -0.2) is 0 Å². The third-order valence-corrected chi connectivity index (χ3v) is 3.43. The Labute approximate surface area is 122 Å². The summed E-state index contributed by atoms with van der Waals surface area (Å²) in [6.07, 6.45) is 1.22. The van der Waals surface area contributed by atoms with E-state index in [1.807, 2.05) is 0 Å². The van der Waals surface area contributed by atoms with Gasteiger partial charge in [-0.15, -0.1) is 0 Å². The van der Waals surface area contributed by atoms with Crippen molar-refractivity contribution in [2.45, 2.75) is 25.9 Å². The van der Waals surface area contributed by atoms with Crippen molar-refractivity contribution in [1.82, 2.24) is 4.90 Å². The highest BCUT2D eigenvalue weighted by Gasteiger charge is 2.27. The molecule has 1 amide bonds. The smallest absolute Gasteiger partial charge is 0.314 e.